The third-order valence-electron chi connectivity index (χ3n) is 3.12. The summed E-state index contributed by atoms with van der Waals surface area (Å²) in [6, 6.07) is 4.46. The molecular weight excluding hydrogens is 188 g/mol. The quantitative estimate of drug-likeness (QED) is 0.664. The summed E-state index contributed by atoms with van der Waals surface area (Å²) in [5.74, 6) is 2.84. The molecule has 3 atom stereocenters. The van der Waals surface area contributed by atoms with Crippen LogP contribution in [-0.2, 0) is 0 Å². The molecule has 1 aromatic heterocycles. The Morgan fingerprint density at radius 2 is 2.21 bits per heavy atom. The highest BCUT2D eigenvalue weighted by Crippen LogP contribution is 2.53. The summed E-state index contributed by atoms with van der Waals surface area (Å²) in [6.07, 6.45) is 2.78. The zero-order chi connectivity index (χ0) is 10.6. The highest BCUT2D eigenvalue weighted by molar-refractivity contribution is 7.10. The van der Waals surface area contributed by atoms with Gasteiger partial charge in [0.1, 0.15) is 0 Å². The molecule has 1 saturated carbocycles. The average Bonchev–Trinajstić information content (AvgIpc) is 2.87. The fourth-order valence-corrected chi connectivity index (χ4v) is 2.89. The van der Waals surface area contributed by atoms with E-state index in [1.54, 1.807) is 4.88 Å². The molecule has 1 aliphatic rings. The van der Waals surface area contributed by atoms with Crippen molar-refractivity contribution in [3.63, 3.8) is 0 Å². The molecule has 1 aliphatic carbocycles. The fraction of sp³-hybridized carbons (Fsp3) is 0.692. The Labute approximate surface area is 92.4 Å². The average molecular weight is 210 g/mol. The van der Waals surface area contributed by atoms with E-state index in [-0.39, 0.29) is 0 Å². The summed E-state index contributed by atoms with van der Waals surface area (Å²) in [7, 11) is 0. The van der Waals surface area contributed by atoms with E-state index in [0.717, 1.165) is 17.8 Å². The largest absolute Gasteiger partial charge is 0.149 e. The van der Waals surface area contributed by atoms with E-state index in [1.807, 2.05) is 25.2 Å². The van der Waals surface area contributed by atoms with E-state index in [1.165, 1.54) is 12.8 Å². The maximum atomic E-state index is 2.39. The Morgan fingerprint density at radius 1 is 1.50 bits per heavy atom. The molecule has 0 amide bonds. The van der Waals surface area contributed by atoms with Gasteiger partial charge >= 0.3 is 0 Å². The van der Waals surface area contributed by atoms with Crippen LogP contribution in [0.2, 0.25) is 0 Å². The lowest BCUT2D eigenvalue weighted by molar-refractivity contribution is 0.483. The predicted octanol–water partition coefficient (Wildman–Crippen LogP) is 4.92. The smallest absolute Gasteiger partial charge is 0.00791 e. The molecule has 0 spiro atoms. The minimum atomic E-state index is 0.917. The van der Waals surface area contributed by atoms with Crippen LogP contribution in [0.25, 0.3) is 0 Å². The van der Waals surface area contributed by atoms with Crippen LogP contribution >= 0.6 is 11.3 Å². The summed E-state index contributed by atoms with van der Waals surface area (Å²) in [5.41, 5.74) is 0. The van der Waals surface area contributed by atoms with Gasteiger partial charge in [-0.05, 0) is 35.6 Å². The van der Waals surface area contributed by atoms with Crippen molar-refractivity contribution in [2.24, 2.45) is 11.8 Å². The molecule has 0 aliphatic heterocycles. The van der Waals surface area contributed by atoms with Gasteiger partial charge in [0, 0.05) is 4.88 Å². The van der Waals surface area contributed by atoms with Crippen molar-refractivity contribution in [2.75, 3.05) is 0 Å². The van der Waals surface area contributed by atoms with Gasteiger partial charge in [-0.2, -0.15) is 0 Å². The van der Waals surface area contributed by atoms with E-state index in [2.05, 4.69) is 31.4 Å². The molecule has 3 unspecified atom stereocenters. The molecule has 1 heterocycles. The molecular formula is C13H22S. The minimum Gasteiger partial charge on any atom is -0.149 e. The number of hydrogen-bond acceptors (Lipinski definition) is 1. The molecule has 0 bridgehead atoms. The van der Waals surface area contributed by atoms with Crippen LogP contribution in [-0.4, -0.2) is 0 Å². The van der Waals surface area contributed by atoms with E-state index in [9.17, 15) is 0 Å². The molecule has 2 rings (SSSR count). The molecule has 0 aromatic carbocycles. The van der Waals surface area contributed by atoms with Crippen LogP contribution in [0.3, 0.4) is 0 Å². The molecule has 1 heteroatoms. The van der Waals surface area contributed by atoms with Gasteiger partial charge in [0.15, 0.2) is 0 Å². The summed E-state index contributed by atoms with van der Waals surface area (Å²) in [5, 5.41) is 2.20. The topological polar surface area (TPSA) is 0 Å². The van der Waals surface area contributed by atoms with Gasteiger partial charge in [-0.3, -0.25) is 0 Å². The lowest BCUT2D eigenvalue weighted by atomic mass is 10.0. The van der Waals surface area contributed by atoms with Crippen LogP contribution in [0, 0.1) is 11.8 Å². The SMILES string of the molecule is CC.CCC(C)C1CC1c1cccs1. The molecule has 0 radical (unpaired) electrons. The summed E-state index contributed by atoms with van der Waals surface area (Å²) < 4.78 is 0. The second-order valence-corrected chi connectivity index (χ2v) is 4.89. The van der Waals surface area contributed by atoms with E-state index in [0.29, 0.717) is 0 Å². The zero-order valence-corrected chi connectivity index (χ0v) is 10.6. The van der Waals surface area contributed by atoms with E-state index < -0.39 is 0 Å². The Morgan fingerprint density at radius 3 is 2.71 bits per heavy atom. The van der Waals surface area contributed by atoms with Gasteiger partial charge in [0.25, 0.3) is 0 Å². The molecule has 80 valence electrons. The first-order chi connectivity index (χ1) is 6.83. The molecule has 0 N–H and O–H groups in total. The molecule has 14 heavy (non-hydrogen) atoms. The zero-order valence-electron chi connectivity index (χ0n) is 9.79. The van der Waals surface area contributed by atoms with Crippen molar-refractivity contribution in [3.05, 3.63) is 22.4 Å². The maximum Gasteiger partial charge on any atom is 0.00791 e. The number of thiophene rings is 1. The van der Waals surface area contributed by atoms with Gasteiger partial charge in [-0.25, -0.2) is 0 Å². The second kappa shape index (κ2) is 5.55. The van der Waals surface area contributed by atoms with Crippen molar-refractivity contribution in [1.29, 1.82) is 0 Å². The first kappa shape index (κ1) is 11.8. The summed E-state index contributed by atoms with van der Waals surface area (Å²) in [4.78, 5) is 1.61. The monoisotopic (exact) mass is 210 g/mol. The second-order valence-electron chi connectivity index (χ2n) is 3.91. The van der Waals surface area contributed by atoms with Crippen LogP contribution in [0.5, 0.6) is 0 Å². The van der Waals surface area contributed by atoms with Crippen molar-refractivity contribution in [1.82, 2.24) is 0 Å². The van der Waals surface area contributed by atoms with Gasteiger partial charge in [-0.15, -0.1) is 11.3 Å². The van der Waals surface area contributed by atoms with Crippen LogP contribution < -0.4 is 0 Å². The van der Waals surface area contributed by atoms with Gasteiger partial charge in [-0.1, -0.05) is 40.2 Å². The molecule has 1 fully saturated rings. The minimum absolute atomic E-state index is 0.917. The highest BCUT2D eigenvalue weighted by Gasteiger charge is 2.41. The van der Waals surface area contributed by atoms with Crippen molar-refractivity contribution >= 4 is 11.3 Å². The van der Waals surface area contributed by atoms with E-state index in [4.69, 9.17) is 0 Å². The maximum absolute atomic E-state index is 2.39. The van der Waals surface area contributed by atoms with Crippen molar-refractivity contribution < 1.29 is 0 Å². The molecule has 1 aromatic rings. The third kappa shape index (κ3) is 2.60. The van der Waals surface area contributed by atoms with Crippen molar-refractivity contribution in [2.45, 2.75) is 46.5 Å². The van der Waals surface area contributed by atoms with Crippen LogP contribution in [0.15, 0.2) is 17.5 Å². The first-order valence-electron chi connectivity index (χ1n) is 5.86. The predicted molar refractivity (Wildman–Crippen MR) is 66.0 cm³/mol. The lowest BCUT2D eigenvalue weighted by Gasteiger charge is -2.05. The third-order valence-corrected chi connectivity index (χ3v) is 4.13. The Kier molecular flexibility index (Phi) is 4.67. The van der Waals surface area contributed by atoms with Gasteiger partial charge in [0.2, 0.25) is 0 Å². The summed E-state index contributed by atoms with van der Waals surface area (Å²) in [6.45, 7) is 8.69. The Bertz CT molecular complexity index is 238. The molecule has 0 saturated heterocycles. The first-order valence-corrected chi connectivity index (χ1v) is 6.74. The van der Waals surface area contributed by atoms with Crippen molar-refractivity contribution in [3.8, 4) is 0 Å². The number of hydrogen-bond donors (Lipinski definition) is 0. The van der Waals surface area contributed by atoms with E-state index >= 15 is 0 Å². The highest BCUT2D eigenvalue weighted by atomic mass is 32.1. The normalized spacial score (nSPS) is 26.3. The van der Waals surface area contributed by atoms with Crippen LogP contribution in [0.4, 0.5) is 0 Å². The van der Waals surface area contributed by atoms with Crippen LogP contribution in [0.1, 0.15) is 51.3 Å². The van der Waals surface area contributed by atoms with Gasteiger partial charge < -0.3 is 0 Å². The lowest BCUT2D eigenvalue weighted by Crippen LogP contribution is -1.95. The Balaban J connectivity index is 0.000000461. The number of rotatable bonds is 3. The fourth-order valence-electron chi connectivity index (χ4n) is 1.98. The standard InChI is InChI=1S/C11H16S.C2H6/c1-3-8(2)9-7-10(9)11-5-4-6-12-11;1-2/h4-6,8-10H,3,7H2,1-2H3;1-2H3. The Hall–Kier alpha value is -0.300. The van der Waals surface area contributed by atoms with Gasteiger partial charge in [0.05, 0.1) is 0 Å². The summed E-state index contributed by atoms with van der Waals surface area (Å²) >= 11 is 1.93. The molecule has 0 nitrogen and oxygen atoms in total.